The van der Waals surface area contributed by atoms with Gasteiger partial charge in [0.25, 0.3) is 0 Å². The zero-order chi connectivity index (χ0) is 14.2. The quantitative estimate of drug-likeness (QED) is 0.660. The van der Waals surface area contributed by atoms with E-state index in [-0.39, 0.29) is 30.1 Å². The van der Waals surface area contributed by atoms with E-state index < -0.39 is 5.97 Å². The monoisotopic (exact) mass is 259 g/mol. The molecule has 0 aliphatic rings. The zero-order valence-corrected chi connectivity index (χ0v) is 11.8. The number of carbonyl (C=O) groups is 2. The molecule has 0 aliphatic heterocycles. The van der Waals surface area contributed by atoms with Crippen LogP contribution in [-0.2, 0) is 14.3 Å². The lowest BCUT2D eigenvalue weighted by molar-refractivity contribution is -0.138. The number of amides is 1. The number of ether oxygens (including phenoxy) is 1. The average molecular weight is 259 g/mol. The Bertz CT molecular complexity index is 276. The van der Waals surface area contributed by atoms with Crippen LogP contribution in [0.4, 0.5) is 0 Å². The van der Waals surface area contributed by atoms with Crippen LogP contribution in [0.25, 0.3) is 0 Å². The molecule has 0 aromatic carbocycles. The predicted molar refractivity (Wildman–Crippen MR) is 69.3 cm³/mol. The van der Waals surface area contributed by atoms with Crippen molar-refractivity contribution >= 4 is 11.9 Å². The van der Waals surface area contributed by atoms with Gasteiger partial charge in [0.15, 0.2) is 0 Å². The lowest BCUT2D eigenvalue weighted by Crippen LogP contribution is -2.35. The van der Waals surface area contributed by atoms with Crippen molar-refractivity contribution in [2.75, 3.05) is 20.3 Å². The fraction of sp³-hybridized carbons (Fsp3) is 0.846. The molecule has 1 amide bonds. The molecule has 0 aromatic rings. The molecule has 0 spiro atoms. The summed E-state index contributed by atoms with van der Waals surface area (Å²) < 4.78 is 5.01. The molecule has 0 rings (SSSR count). The summed E-state index contributed by atoms with van der Waals surface area (Å²) in [6, 6.07) is 0. The summed E-state index contributed by atoms with van der Waals surface area (Å²) >= 11 is 0. The van der Waals surface area contributed by atoms with Gasteiger partial charge < -0.3 is 15.2 Å². The van der Waals surface area contributed by atoms with Gasteiger partial charge in [0, 0.05) is 33.1 Å². The van der Waals surface area contributed by atoms with Crippen LogP contribution in [-0.4, -0.2) is 37.2 Å². The van der Waals surface area contributed by atoms with Crippen LogP contribution in [0.15, 0.2) is 0 Å². The molecule has 0 fully saturated rings. The Balaban J connectivity index is 3.91. The van der Waals surface area contributed by atoms with Crippen LogP contribution in [0.3, 0.4) is 0 Å². The summed E-state index contributed by atoms with van der Waals surface area (Å²) in [6.45, 7) is 7.14. The Morgan fingerprint density at radius 2 is 1.94 bits per heavy atom. The molecule has 106 valence electrons. The Kier molecular flexibility index (Phi) is 7.59. The molecule has 0 bridgehead atoms. The van der Waals surface area contributed by atoms with E-state index in [1.165, 1.54) is 0 Å². The first-order valence-electron chi connectivity index (χ1n) is 6.24. The molecular formula is C13H25NO4. The summed E-state index contributed by atoms with van der Waals surface area (Å²) in [5.41, 5.74) is -0.0122. The summed E-state index contributed by atoms with van der Waals surface area (Å²) in [5.74, 6) is -1.09. The highest BCUT2D eigenvalue weighted by molar-refractivity contribution is 5.77. The molecule has 0 radical (unpaired) electrons. The van der Waals surface area contributed by atoms with Crippen LogP contribution < -0.4 is 5.32 Å². The Morgan fingerprint density at radius 1 is 1.33 bits per heavy atom. The van der Waals surface area contributed by atoms with E-state index in [1.54, 1.807) is 14.0 Å². The van der Waals surface area contributed by atoms with Crippen LogP contribution in [0.2, 0.25) is 0 Å². The highest BCUT2D eigenvalue weighted by Crippen LogP contribution is 2.19. The van der Waals surface area contributed by atoms with Gasteiger partial charge in [0.05, 0.1) is 0 Å². The number of hydrogen-bond acceptors (Lipinski definition) is 3. The highest BCUT2D eigenvalue weighted by Gasteiger charge is 2.19. The number of carboxylic acids is 1. The number of rotatable bonds is 9. The number of nitrogens with one attached hydrogen (secondary N) is 1. The van der Waals surface area contributed by atoms with Gasteiger partial charge >= 0.3 is 5.97 Å². The minimum Gasteiger partial charge on any atom is -0.481 e. The molecule has 1 unspecified atom stereocenters. The molecule has 18 heavy (non-hydrogen) atoms. The Labute approximate surface area is 109 Å². The highest BCUT2D eigenvalue weighted by atomic mass is 16.5. The second kappa shape index (κ2) is 8.08. The van der Waals surface area contributed by atoms with Gasteiger partial charge in [-0.1, -0.05) is 20.8 Å². The standard InChI is InChI=1S/C13H25NO4/c1-10(8-12(16)17)7-11(15)14-9-13(2,3)5-6-18-4/h10H,5-9H2,1-4H3,(H,14,15)(H,16,17). The minimum absolute atomic E-state index is 0.0122. The first-order chi connectivity index (χ1) is 8.26. The third-order valence-corrected chi connectivity index (χ3v) is 2.80. The Hall–Kier alpha value is -1.10. The van der Waals surface area contributed by atoms with Crippen LogP contribution >= 0.6 is 0 Å². The molecule has 0 aliphatic carbocycles. The van der Waals surface area contributed by atoms with Crippen LogP contribution in [0, 0.1) is 11.3 Å². The Morgan fingerprint density at radius 3 is 2.44 bits per heavy atom. The van der Waals surface area contributed by atoms with Gasteiger partial charge in [-0.2, -0.15) is 0 Å². The molecule has 2 N–H and O–H groups in total. The van der Waals surface area contributed by atoms with Gasteiger partial charge in [-0.15, -0.1) is 0 Å². The van der Waals surface area contributed by atoms with Crippen molar-refractivity contribution in [2.24, 2.45) is 11.3 Å². The normalized spacial score (nSPS) is 13.1. The van der Waals surface area contributed by atoms with E-state index >= 15 is 0 Å². The fourth-order valence-electron chi connectivity index (χ4n) is 1.56. The second-order valence-electron chi connectivity index (χ2n) is 5.59. The SMILES string of the molecule is COCCC(C)(C)CNC(=O)CC(C)CC(=O)O. The molecule has 5 nitrogen and oxygen atoms in total. The van der Waals surface area contributed by atoms with Gasteiger partial charge in [0.1, 0.15) is 0 Å². The van der Waals surface area contributed by atoms with Crippen molar-refractivity contribution in [1.82, 2.24) is 5.32 Å². The van der Waals surface area contributed by atoms with E-state index in [2.05, 4.69) is 19.2 Å². The van der Waals surface area contributed by atoms with Crippen LogP contribution in [0.5, 0.6) is 0 Å². The average Bonchev–Trinajstić information content (AvgIpc) is 2.22. The van der Waals surface area contributed by atoms with E-state index in [1.807, 2.05) is 0 Å². The first kappa shape index (κ1) is 16.9. The molecule has 5 heteroatoms. The minimum atomic E-state index is -0.865. The van der Waals surface area contributed by atoms with E-state index in [4.69, 9.17) is 9.84 Å². The third kappa shape index (κ3) is 8.98. The fourth-order valence-corrected chi connectivity index (χ4v) is 1.56. The number of hydrogen-bond donors (Lipinski definition) is 2. The van der Waals surface area contributed by atoms with Crippen molar-refractivity contribution in [2.45, 2.75) is 40.0 Å². The third-order valence-electron chi connectivity index (χ3n) is 2.80. The molecule has 0 saturated carbocycles. The van der Waals surface area contributed by atoms with Crippen molar-refractivity contribution in [3.05, 3.63) is 0 Å². The van der Waals surface area contributed by atoms with E-state index in [9.17, 15) is 9.59 Å². The van der Waals surface area contributed by atoms with Crippen molar-refractivity contribution in [3.63, 3.8) is 0 Å². The van der Waals surface area contributed by atoms with Crippen molar-refractivity contribution in [1.29, 1.82) is 0 Å². The number of carboxylic acid groups (broad SMARTS) is 1. The maximum absolute atomic E-state index is 11.6. The molecule has 0 aromatic heterocycles. The van der Waals surface area contributed by atoms with Crippen LogP contribution in [0.1, 0.15) is 40.0 Å². The van der Waals surface area contributed by atoms with Crippen molar-refractivity contribution < 1.29 is 19.4 Å². The number of methoxy groups -OCH3 is 1. The summed E-state index contributed by atoms with van der Waals surface area (Å²) in [5, 5.41) is 11.5. The van der Waals surface area contributed by atoms with E-state index in [0.29, 0.717) is 13.2 Å². The van der Waals surface area contributed by atoms with Gasteiger partial charge in [0.2, 0.25) is 5.91 Å². The predicted octanol–water partition coefficient (Wildman–Crippen LogP) is 1.67. The topological polar surface area (TPSA) is 75.6 Å². The summed E-state index contributed by atoms with van der Waals surface area (Å²) in [4.78, 5) is 22.1. The first-order valence-corrected chi connectivity index (χ1v) is 6.24. The van der Waals surface area contributed by atoms with Gasteiger partial charge in [-0.3, -0.25) is 9.59 Å². The van der Waals surface area contributed by atoms with E-state index in [0.717, 1.165) is 6.42 Å². The molecule has 0 heterocycles. The van der Waals surface area contributed by atoms with Gasteiger partial charge in [-0.25, -0.2) is 0 Å². The lowest BCUT2D eigenvalue weighted by atomic mass is 9.89. The maximum atomic E-state index is 11.6. The zero-order valence-electron chi connectivity index (χ0n) is 11.8. The lowest BCUT2D eigenvalue weighted by Gasteiger charge is -2.24. The van der Waals surface area contributed by atoms with Gasteiger partial charge in [-0.05, 0) is 17.8 Å². The molecule has 1 atom stereocenters. The summed E-state index contributed by atoms with van der Waals surface area (Å²) in [6.07, 6.45) is 1.15. The molecule has 0 saturated heterocycles. The van der Waals surface area contributed by atoms with Crippen molar-refractivity contribution in [3.8, 4) is 0 Å². The number of carbonyl (C=O) groups excluding carboxylic acids is 1. The smallest absolute Gasteiger partial charge is 0.303 e. The largest absolute Gasteiger partial charge is 0.481 e. The molecular weight excluding hydrogens is 234 g/mol. The summed E-state index contributed by atoms with van der Waals surface area (Å²) in [7, 11) is 1.66. The second-order valence-corrected chi connectivity index (χ2v) is 5.59. The maximum Gasteiger partial charge on any atom is 0.303 e. The number of aliphatic carboxylic acids is 1.